The van der Waals surface area contributed by atoms with Gasteiger partial charge < -0.3 is 11.1 Å². The van der Waals surface area contributed by atoms with Gasteiger partial charge in [0.05, 0.1) is 5.56 Å². The number of amides is 1. The maximum atomic E-state index is 11.9. The number of thioether (sulfide) groups is 1. The molecule has 0 radical (unpaired) electrons. The zero-order valence-electron chi connectivity index (χ0n) is 12.6. The standard InChI is InChI=1S/C16H19N3OS.2ClH/c17-15-6-2-1-5-14(15)16(20)19-9-3-4-12-21-13-7-10-18-11-8-13;;/h1-2,5-8,10-11H,3-4,9,12,17H2,(H,19,20);2*1H. The van der Waals surface area contributed by atoms with Crippen molar-refractivity contribution in [2.45, 2.75) is 17.7 Å². The van der Waals surface area contributed by atoms with Gasteiger partial charge in [0.15, 0.2) is 0 Å². The van der Waals surface area contributed by atoms with E-state index in [9.17, 15) is 4.79 Å². The number of nitrogens with two attached hydrogens (primary N) is 1. The quantitative estimate of drug-likeness (QED) is 0.439. The molecule has 0 aliphatic heterocycles. The van der Waals surface area contributed by atoms with Gasteiger partial charge in [-0.2, -0.15) is 0 Å². The molecule has 7 heteroatoms. The fourth-order valence-corrected chi connectivity index (χ4v) is 2.75. The Hall–Kier alpha value is -1.43. The van der Waals surface area contributed by atoms with Crippen molar-refractivity contribution < 1.29 is 4.79 Å². The first-order valence-corrected chi connectivity index (χ1v) is 7.91. The number of carbonyl (C=O) groups is 1. The molecule has 23 heavy (non-hydrogen) atoms. The number of hydrogen-bond donors (Lipinski definition) is 2. The molecule has 0 aliphatic carbocycles. The second-order valence-electron chi connectivity index (χ2n) is 4.58. The van der Waals surface area contributed by atoms with E-state index in [1.165, 1.54) is 4.90 Å². The van der Waals surface area contributed by atoms with E-state index in [0.29, 0.717) is 17.8 Å². The predicted molar refractivity (Wildman–Crippen MR) is 102 cm³/mol. The Labute approximate surface area is 153 Å². The van der Waals surface area contributed by atoms with Gasteiger partial charge >= 0.3 is 0 Å². The summed E-state index contributed by atoms with van der Waals surface area (Å²) >= 11 is 1.81. The molecule has 0 spiro atoms. The first-order valence-electron chi connectivity index (χ1n) is 6.93. The second kappa shape index (κ2) is 12.0. The summed E-state index contributed by atoms with van der Waals surface area (Å²) in [4.78, 5) is 17.1. The monoisotopic (exact) mass is 373 g/mol. The lowest BCUT2D eigenvalue weighted by molar-refractivity contribution is 0.0954. The number of hydrogen-bond acceptors (Lipinski definition) is 4. The Kier molecular flexibility index (Phi) is 11.3. The lowest BCUT2D eigenvalue weighted by Gasteiger charge is -2.07. The van der Waals surface area contributed by atoms with E-state index >= 15 is 0 Å². The van der Waals surface area contributed by atoms with Crippen LogP contribution in [0.25, 0.3) is 0 Å². The number of benzene rings is 1. The van der Waals surface area contributed by atoms with Crippen LogP contribution in [0.1, 0.15) is 23.2 Å². The number of halogens is 2. The van der Waals surface area contributed by atoms with Crippen molar-refractivity contribution in [1.82, 2.24) is 10.3 Å². The van der Waals surface area contributed by atoms with Crippen LogP contribution in [0.4, 0.5) is 5.69 Å². The highest BCUT2D eigenvalue weighted by molar-refractivity contribution is 7.99. The van der Waals surface area contributed by atoms with Crippen LogP contribution in [0.2, 0.25) is 0 Å². The minimum atomic E-state index is -0.102. The SMILES string of the molecule is Cl.Cl.Nc1ccccc1C(=O)NCCCCSc1ccncc1. The molecule has 1 heterocycles. The number of para-hydroxylation sites is 1. The number of anilines is 1. The van der Waals surface area contributed by atoms with E-state index in [4.69, 9.17) is 5.73 Å². The van der Waals surface area contributed by atoms with Crippen LogP contribution in [-0.4, -0.2) is 23.2 Å². The molecule has 126 valence electrons. The third-order valence-corrected chi connectivity index (χ3v) is 4.08. The molecule has 0 saturated carbocycles. The second-order valence-corrected chi connectivity index (χ2v) is 5.75. The fraction of sp³-hybridized carbons (Fsp3) is 0.250. The van der Waals surface area contributed by atoms with Crippen LogP contribution in [0.5, 0.6) is 0 Å². The summed E-state index contributed by atoms with van der Waals surface area (Å²) < 4.78 is 0. The molecular formula is C16H21Cl2N3OS. The first kappa shape index (κ1) is 21.6. The van der Waals surface area contributed by atoms with Crippen molar-refractivity contribution in [2.75, 3.05) is 18.0 Å². The molecule has 0 atom stereocenters. The molecule has 1 aromatic heterocycles. The smallest absolute Gasteiger partial charge is 0.253 e. The van der Waals surface area contributed by atoms with Gasteiger partial charge in [0.2, 0.25) is 0 Å². The normalized spacial score (nSPS) is 9.39. The topological polar surface area (TPSA) is 68.0 Å². The van der Waals surface area contributed by atoms with E-state index in [0.717, 1.165) is 18.6 Å². The largest absolute Gasteiger partial charge is 0.398 e. The molecule has 2 aromatic rings. The van der Waals surface area contributed by atoms with Crippen LogP contribution >= 0.6 is 36.6 Å². The van der Waals surface area contributed by atoms with Crippen LogP contribution in [0, 0.1) is 0 Å². The van der Waals surface area contributed by atoms with E-state index in [1.54, 1.807) is 36.3 Å². The Morgan fingerprint density at radius 1 is 1.09 bits per heavy atom. The third-order valence-electron chi connectivity index (χ3n) is 2.98. The van der Waals surface area contributed by atoms with Gasteiger partial charge in [-0.25, -0.2) is 0 Å². The van der Waals surface area contributed by atoms with Crippen LogP contribution in [0.15, 0.2) is 53.7 Å². The predicted octanol–water partition coefficient (Wildman–Crippen LogP) is 3.81. The van der Waals surface area contributed by atoms with Crippen LogP contribution in [-0.2, 0) is 0 Å². The third kappa shape index (κ3) is 7.59. The van der Waals surface area contributed by atoms with Crippen LogP contribution in [0.3, 0.4) is 0 Å². The Balaban J connectivity index is 0.00000242. The van der Waals surface area contributed by atoms with Gasteiger partial charge in [-0.1, -0.05) is 12.1 Å². The molecule has 0 bridgehead atoms. The average Bonchev–Trinajstić information content (AvgIpc) is 2.52. The highest BCUT2D eigenvalue weighted by Crippen LogP contribution is 2.17. The van der Waals surface area contributed by atoms with E-state index in [2.05, 4.69) is 10.3 Å². The molecule has 2 rings (SSSR count). The highest BCUT2D eigenvalue weighted by Gasteiger charge is 2.07. The lowest BCUT2D eigenvalue weighted by atomic mass is 10.1. The van der Waals surface area contributed by atoms with Crippen molar-refractivity contribution in [2.24, 2.45) is 0 Å². The van der Waals surface area contributed by atoms with E-state index in [1.807, 2.05) is 24.3 Å². The van der Waals surface area contributed by atoms with Gasteiger partial charge in [-0.05, 0) is 42.9 Å². The number of rotatable bonds is 7. The molecule has 0 saturated heterocycles. The minimum Gasteiger partial charge on any atom is -0.398 e. The lowest BCUT2D eigenvalue weighted by Crippen LogP contribution is -2.25. The molecule has 0 aliphatic rings. The van der Waals surface area contributed by atoms with Gasteiger partial charge in [0, 0.05) is 29.5 Å². The maximum absolute atomic E-state index is 11.9. The average molecular weight is 374 g/mol. The molecular weight excluding hydrogens is 353 g/mol. The summed E-state index contributed by atoms with van der Waals surface area (Å²) in [6.45, 7) is 0.671. The van der Waals surface area contributed by atoms with Gasteiger partial charge in [0.1, 0.15) is 0 Å². The summed E-state index contributed by atoms with van der Waals surface area (Å²) in [6, 6.07) is 11.1. The molecule has 3 N–H and O–H groups in total. The maximum Gasteiger partial charge on any atom is 0.253 e. The number of nitrogens with one attached hydrogen (secondary N) is 1. The summed E-state index contributed by atoms with van der Waals surface area (Å²) in [5.41, 5.74) is 6.83. The van der Waals surface area contributed by atoms with E-state index < -0.39 is 0 Å². The van der Waals surface area contributed by atoms with Crippen molar-refractivity contribution in [3.05, 3.63) is 54.4 Å². The zero-order chi connectivity index (χ0) is 14.9. The summed E-state index contributed by atoms with van der Waals surface area (Å²) in [7, 11) is 0. The highest BCUT2D eigenvalue weighted by atomic mass is 35.5. The number of unbranched alkanes of at least 4 members (excludes halogenated alkanes) is 1. The Morgan fingerprint density at radius 3 is 2.48 bits per heavy atom. The number of carbonyl (C=O) groups excluding carboxylic acids is 1. The van der Waals surface area contributed by atoms with Crippen molar-refractivity contribution in [3.8, 4) is 0 Å². The number of aromatic nitrogens is 1. The summed E-state index contributed by atoms with van der Waals surface area (Å²) in [5, 5.41) is 2.90. The molecule has 4 nitrogen and oxygen atoms in total. The van der Waals surface area contributed by atoms with Gasteiger partial charge in [-0.3, -0.25) is 9.78 Å². The number of pyridine rings is 1. The Bertz CT molecular complexity index is 585. The first-order chi connectivity index (χ1) is 10.3. The van der Waals surface area contributed by atoms with Crippen molar-refractivity contribution >= 4 is 48.2 Å². The van der Waals surface area contributed by atoms with Crippen molar-refractivity contribution in [1.29, 1.82) is 0 Å². The van der Waals surface area contributed by atoms with E-state index in [-0.39, 0.29) is 30.7 Å². The van der Waals surface area contributed by atoms with Gasteiger partial charge in [0.25, 0.3) is 5.91 Å². The molecule has 0 fully saturated rings. The van der Waals surface area contributed by atoms with Crippen LogP contribution < -0.4 is 11.1 Å². The fourth-order valence-electron chi connectivity index (χ4n) is 1.85. The zero-order valence-corrected chi connectivity index (χ0v) is 15.1. The number of nitrogen functional groups attached to an aromatic ring is 1. The Morgan fingerprint density at radius 2 is 1.78 bits per heavy atom. The molecule has 0 unspecified atom stereocenters. The molecule has 1 aromatic carbocycles. The van der Waals surface area contributed by atoms with Crippen molar-refractivity contribution in [3.63, 3.8) is 0 Å². The number of nitrogens with zero attached hydrogens (tertiary/aromatic N) is 1. The van der Waals surface area contributed by atoms with Gasteiger partial charge in [-0.15, -0.1) is 36.6 Å². The summed E-state index contributed by atoms with van der Waals surface area (Å²) in [5.74, 6) is 0.933. The molecule has 1 amide bonds. The minimum absolute atomic E-state index is 0. The summed E-state index contributed by atoms with van der Waals surface area (Å²) in [6.07, 6.45) is 5.60.